The molecule has 2 N–H and O–H groups in total. The normalized spacial score (nSPS) is 27.3. The second-order valence-electron chi connectivity index (χ2n) is 5.33. The van der Waals surface area contributed by atoms with Gasteiger partial charge in [0.25, 0.3) is 0 Å². The molecule has 1 aromatic carbocycles. The first-order chi connectivity index (χ1) is 8.06. The minimum absolute atomic E-state index is 0.0943. The van der Waals surface area contributed by atoms with Crippen molar-refractivity contribution < 1.29 is 4.39 Å². The first-order valence-corrected chi connectivity index (χ1v) is 6.29. The SMILES string of the molecule is CC1CN(CC(N)c2cccc(F)c2)CC1C. The van der Waals surface area contributed by atoms with E-state index in [0.717, 1.165) is 37.0 Å². The summed E-state index contributed by atoms with van der Waals surface area (Å²) in [4.78, 5) is 2.38. The van der Waals surface area contributed by atoms with Gasteiger partial charge in [0.15, 0.2) is 0 Å². The summed E-state index contributed by atoms with van der Waals surface area (Å²) in [5, 5.41) is 0. The molecule has 2 rings (SSSR count). The fourth-order valence-corrected chi connectivity index (χ4v) is 2.52. The van der Waals surface area contributed by atoms with Gasteiger partial charge in [0.1, 0.15) is 5.82 Å². The topological polar surface area (TPSA) is 29.3 Å². The second kappa shape index (κ2) is 5.15. The summed E-state index contributed by atoms with van der Waals surface area (Å²) in [6.45, 7) is 7.57. The Balaban J connectivity index is 1.96. The van der Waals surface area contributed by atoms with Gasteiger partial charge in [-0.05, 0) is 29.5 Å². The zero-order chi connectivity index (χ0) is 12.4. The van der Waals surface area contributed by atoms with E-state index in [-0.39, 0.29) is 11.9 Å². The molecular formula is C14H21FN2. The fourth-order valence-electron chi connectivity index (χ4n) is 2.52. The van der Waals surface area contributed by atoms with E-state index in [1.807, 2.05) is 6.07 Å². The largest absolute Gasteiger partial charge is 0.323 e. The number of benzene rings is 1. The van der Waals surface area contributed by atoms with Crippen LogP contribution in [0.5, 0.6) is 0 Å². The lowest BCUT2D eigenvalue weighted by Crippen LogP contribution is -2.30. The van der Waals surface area contributed by atoms with E-state index in [1.165, 1.54) is 12.1 Å². The molecule has 1 saturated heterocycles. The number of nitrogens with two attached hydrogens (primary N) is 1. The monoisotopic (exact) mass is 236 g/mol. The molecule has 0 aromatic heterocycles. The lowest BCUT2D eigenvalue weighted by atomic mass is 10.0. The first kappa shape index (κ1) is 12.5. The van der Waals surface area contributed by atoms with E-state index in [2.05, 4.69) is 18.7 Å². The van der Waals surface area contributed by atoms with Gasteiger partial charge in [-0.2, -0.15) is 0 Å². The zero-order valence-corrected chi connectivity index (χ0v) is 10.6. The van der Waals surface area contributed by atoms with E-state index in [1.54, 1.807) is 6.07 Å². The van der Waals surface area contributed by atoms with Crippen LogP contribution in [0.3, 0.4) is 0 Å². The maximum Gasteiger partial charge on any atom is 0.123 e. The van der Waals surface area contributed by atoms with E-state index in [9.17, 15) is 4.39 Å². The number of hydrogen-bond acceptors (Lipinski definition) is 2. The molecule has 94 valence electrons. The number of rotatable bonds is 3. The van der Waals surface area contributed by atoms with Gasteiger partial charge in [-0.3, -0.25) is 0 Å². The molecule has 1 aliphatic rings. The molecule has 0 bridgehead atoms. The van der Waals surface area contributed by atoms with Crippen molar-refractivity contribution in [3.63, 3.8) is 0 Å². The Kier molecular flexibility index (Phi) is 3.79. The van der Waals surface area contributed by atoms with Gasteiger partial charge in [0, 0.05) is 25.7 Å². The van der Waals surface area contributed by atoms with Gasteiger partial charge in [0.05, 0.1) is 0 Å². The third-order valence-electron chi connectivity index (χ3n) is 3.80. The molecule has 3 atom stereocenters. The van der Waals surface area contributed by atoms with Crippen molar-refractivity contribution in [2.45, 2.75) is 19.9 Å². The highest BCUT2D eigenvalue weighted by molar-refractivity contribution is 5.20. The summed E-state index contributed by atoms with van der Waals surface area (Å²) in [5.41, 5.74) is 7.01. The Morgan fingerprint density at radius 3 is 2.59 bits per heavy atom. The highest BCUT2D eigenvalue weighted by atomic mass is 19.1. The van der Waals surface area contributed by atoms with Crippen LogP contribution in [0.15, 0.2) is 24.3 Å². The second-order valence-corrected chi connectivity index (χ2v) is 5.33. The van der Waals surface area contributed by atoms with Crippen LogP contribution in [-0.2, 0) is 0 Å². The predicted octanol–water partition coefficient (Wildman–Crippen LogP) is 2.41. The third kappa shape index (κ3) is 3.05. The average molecular weight is 236 g/mol. The molecule has 0 radical (unpaired) electrons. The Labute approximate surface area is 103 Å². The summed E-state index contributed by atoms with van der Waals surface area (Å²) < 4.78 is 13.1. The molecule has 0 saturated carbocycles. The predicted molar refractivity (Wildman–Crippen MR) is 68.1 cm³/mol. The molecule has 3 unspecified atom stereocenters. The van der Waals surface area contributed by atoms with Crippen LogP contribution in [0.4, 0.5) is 4.39 Å². The maximum absolute atomic E-state index is 13.1. The Hall–Kier alpha value is -0.930. The van der Waals surface area contributed by atoms with E-state index in [4.69, 9.17) is 5.73 Å². The van der Waals surface area contributed by atoms with Gasteiger partial charge in [-0.15, -0.1) is 0 Å². The Bertz CT molecular complexity index is 370. The third-order valence-corrected chi connectivity index (χ3v) is 3.80. The number of halogens is 1. The van der Waals surface area contributed by atoms with Crippen molar-refractivity contribution in [1.29, 1.82) is 0 Å². The number of hydrogen-bond donors (Lipinski definition) is 1. The first-order valence-electron chi connectivity index (χ1n) is 6.29. The summed E-state index contributed by atoms with van der Waals surface area (Å²) in [6, 6.07) is 6.52. The van der Waals surface area contributed by atoms with E-state index in [0.29, 0.717) is 0 Å². The van der Waals surface area contributed by atoms with Gasteiger partial charge in [0.2, 0.25) is 0 Å². The molecule has 1 heterocycles. The van der Waals surface area contributed by atoms with Crippen molar-refractivity contribution in [2.75, 3.05) is 19.6 Å². The van der Waals surface area contributed by atoms with Crippen molar-refractivity contribution in [3.05, 3.63) is 35.6 Å². The molecule has 1 aliphatic heterocycles. The van der Waals surface area contributed by atoms with Crippen LogP contribution in [0, 0.1) is 17.7 Å². The van der Waals surface area contributed by atoms with Crippen LogP contribution in [0.25, 0.3) is 0 Å². The molecule has 0 spiro atoms. The quantitative estimate of drug-likeness (QED) is 0.873. The molecule has 0 aliphatic carbocycles. The Morgan fingerprint density at radius 1 is 1.35 bits per heavy atom. The fraction of sp³-hybridized carbons (Fsp3) is 0.571. The minimum atomic E-state index is -0.207. The molecule has 2 nitrogen and oxygen atoms in total. The van der Waals surface area contributed by atoms with Gasteiger partial charge in [-0.25, -0.2) is 4.39 Å². The highest BCUT2D eigenvalue weighted by Gasteiger charge is 2.27. The van der Waals surface area contributed by atoms with Crippen LogP contribution < -0.4 is 5.73 Å². The van der Waals surface area contributed by atoms with Crippen molar-refractivity contribution in [2.24, 2.45) is 17.6 Å². The van der Waals surface area contributed by atoms with Crippen LogP contribution in [-0.4, -0.2) is 24.5 Å². The maximum atomic E-state index is 13.1. The molecular weight excluding hydrogens is 215 g/mol. The molecule has 0 amide bonds. The van der Waals surface area contributed by atoms with Crippen molar-refractivity contribution in [3.8, 4) is 0 Å². The van der Waals surface area contributed by atoms with Gasteiger partial charge >= 0.3 is 0 Å². The van der Waals surface area contributed by atoms with Crippen LogP contribution in [0.1, 0.15) is 25.5 Å². The van der Waals surface area contributed by atoms with Crippen LogP contribution >= 0.6 is 0 Å². The average Bonchev–Trinajstić information content (AvgIpc) is 2.58. The smallest absolute Gasteiger partial charge is 0.123 e. The van der Waals surface area contributed by atoms with E-state index < -0.39 is 0 Å². The van der Waals surface area contributed by atoms with E-state index >= 15 is 0 Å². The minimum Gasteiger partial charge on any atom is -0.323 e. The number of likely N-dealkylation sites (tertiary alicyclic amines) is 1. The molecule has 17 heavy (non-hydrogen) atoms. The summed E-state index contributed by atoms with van der Waals surface area (Å²) in [5.74, 6) is 1.26. The van der Waals surface area contributed by atoms with Gasteiger partial charge < -0.3 is 10.6 Å². The molecule has 1 aromatic rings. The molecule has 1 fully saturated rings. The van der Waals surface area contributed by atoms with Crippen molar-refractivity contribution in [1.82, 2.24) is 4.90 Å². The lowest BCUT2D eigenvalue weighted by molar-refractivity contribution is 0.302. The standard InChI is InChI=1S/C14H21FN2/c1-10-7-17(8-11(10)2)9-14(16)12-4-3-5-13(15)6-12/h3-6,10-11,14H,7-9,16H2,1-2H3. The Morgan fingerprint density at radius 2 is 2.00 bits per heavy atom. The zero-order valence-electron chi connectivity index (χ0n) is 10.6. The summed E-state index contributed by atoms with van der Waals surface area (Å²) in [7, 11) is 0. The lowest BCUT2D eigenvalue weighted by Gasteiger charge is -2.21. The van der Waals surface area contributed by atoms with Gasteiger partial charge in [-0.1, -0.05) is 26.0 Å². The number of nitrogens with zero attached hydrogens (tertiary/aromatic N) is 1. The summed E-state index contributed by atoms with van der Waals surface area (Å²) >= 11 is 0. The van der Waals surface area contributed by atoms with Crippen LogP contribution in [0.2, 0.25) is 0 Å². The summed E-state index contributed by atoms with van der Waals surface area (Å²) in [6.07, 6.45) is 0. The highest BCUT2D eigenvalue weighted by Crippen LogP contribution is 2.24. The van der Waals surface area contributed by atoms with Crippen molar-refractivity contribution >= 4 is 0 Å². The molecule has 3 heteroatoms.